The van der Waals surface area contributed by atoms with Gasteiger partial charge in [0.15, 0.2) is 0 Å². The van der Waals surface area contributed by atoms with Gasteiger partial charge in [-0.25, -0.2) is 0 Å². The Balaban J connectivity index is 1.37. The summed E-state index contributed by atoms with van der Waals surface area (Å²) in [7, 11) is 0.0171. The van der Waals surface area contributed by atoms with E-state index in [-0.39, 0.29) is 0 Å². The molecule has 35 heavy (non-hydrogen) atoms. The van der Waals surface area contributed by atoms with Crippen molar-refractivity contribution >= 4 is 34.1 Å². The van der Waals surface area contributed by atoms with E-state index < -0.39 is 7.26 Å². The van der Waals surface area contributed by atoms with Gasteiger partial charge in [-0.05, 0) is 73.9 Å². The molecule has 0 aliphatic carbocycles. The van der Waals surface area contributed by atoms with Crippen molar-refractivity contribution in [1.29, 1.82) is 0 Å². The lowest BCUT2D eigenvalue weighted by atomic mass is 10.2. The molecule has 0 fully saturated rings. The average Bonchev–Trinajstić information content (AvgIpc) is 3.35. The van der Waals surface area contributed by atoms with E-state index in [9.17, 15) is 0 Å². The summed E-state index contributed by atoms with van der Waals surface area (Å²) in [6, 6.07) is 42.1. The maximum Gasteiger partial charge on any atom is 0.128 e. The minimum absolute atomic E-state index is 0.949. The Morgan fingerprint density at radius 1 is 0.600 bits per heavy atom. The van der Waals surface area contributed by atoms with E-state index >= 15 is 0 Å². The van der Waals surface area contributed by atoms with Crippen LogP contribution in [-0.4, -0.2) is 17.8 Å². The van der Waals surface area contributed by atoms with Crippen molar-refractivity contribution < 1.29 is 4.74 Å². The Kier molecular flexibility index (Phi) is 7.31. The Labute approximate surface area is 209 Å². The Hall–Kier alpha value is -3.35. The Morgan fingerprint density at radius 3 is 1.71 bits per heavy atom. The van der Waals surface area contributed by atoms with Crippen LogP contribution in [0, 0.1) is 0 Å². The van der Waals surface area contributed by atoms with E-state index in [1.165, 1.54) is 52.2 Å². The van der Waals surface area contributed by atoms with E-state index in [4.69, 9.17) is 4.74 Å². The molecule has 4 aromatic carbocycles. The largest absolute Gasteiger partial charge is 0.496 e. The van der Waals surface area contributed by atoms with Gasteiger partial charge in [-0.3, -0.25) is 0 Å². The Bertz CT molecular complexity index is 1250. The average molecular weight is 479 g/mol. The summed E-state index contributed by atoms with van der Waals surface area (Å²) in [5, 5.41) is 5.61. The van der Waals surface area contributed by atoms with Gasteiger partial charge in [0.05, 0.1) is 18.8 Å². The number of aromatic nitrogens is 1. The standard InChI is InChI=1S/C32H33NOP/c1-34-32-22-14-21-31-30(32)23-25-33(31)24-12-5-13-26-35(27-15-6-2-7-16-27,28-17-8-3-9-18-28)29-19-10-4-11-20-29/h2-4,6-11,14-23,25H,5,12-13,24,26H2,1H3/q+1. The molecule has 0 N–H and O–H groups in total. The molecule has 3 heteroatoms. The number of hydrogen-bond donors (Lipinski definition) is 0. The topological polar surface area (TPSA) is 14.2 Å². The smallest absolute Gasteiger partial charge is 0.128 e. The van der Waals surface area contributed by atoms with Crippen LogP contribution in [-0.2, 0) is 6.54 Å². The number of methoxy groups -OCH3 is 1. The van der Waals surface area contributed by atoms with Gasteiger partial charge < -0.3 is 9.30 Å². The van der Waals surface area contributed by atoms with Gasteiger partial charge in [-0.1, -0.05) is 60.7 Å². The molecule has 0 bridgehead atoms. The lowest BCUT2D eigenvalue weighted by Gasteiger charge is -2.27. The summed E-state index contributed by atoms with van der Waals surface area (Å²) < 4.78 is 7.90. The minimum Gasteiger partial charge on any atom is -0.496 e. The molecule has 0 saturated carbocycles. The first-order valence-electron chi connectivity index (χ1n) is 12.5. The van der Waals surface area contributed by atoms with Crippen molar-refractivity contribution in [3.63, 3.8) is 0 Å². The first kappa shape index (κ1) is 23.4. The predicted octanol–water partition coefficient (Wildman–Crippen LogP) is 6.81. The molecule has 1 aromatic heterocycles. The maximum atomic E-state index is 5.54. The van der Waals surface area contributed by atoms with Crippen molar-refractivity contribution in [1.82, 2.24) is 4.57 Å². The molecule has 0 saturated heterocycles. The monoisotopic (exact) mass is 478 g/mol. The Morgan fingerprint density at radius 2 is 1.17 bits per heavy atom. The number of rotatable bonds is 10. The van der Waals surface area contributed by atoms with Crippen molar-refractivity contribution in [2.45, 2.75) is 25.8 Å². The summed E-state index contributed by atoms with van der Waals surface area (Å²) in [6.07, 6.45) is 6.96. The first-order valence-corrected chi connectivity index (χ1v) is 14.5. The number of fused-ring (bicyclic) bond motifs is 1. The molecule has 0 amide bonds. The van der Waals surface area contributed by atoms with E-state index in [1.54, 1.807) is 7.11 Å². The molecule has 2 nitrogen and oxygen atoms in total. The maximum absolute atomic E-state index is 5.54. The molecule has 0 aliphatic heterocycles. The zero-order valence-corrected chi connectivity index (χ0v) is 21.3. The molecule has 1 heterocycles. The molecule has 5 aromatic rings. The van der Waals surface area contributed by atoms with Crippen LogP contribution < -0.4 is 20.7 Å². The second-order valence-corrected chi connectivity index (χ2v) is 12.6. The number of nitrogens with zero attached hydrogens (tertiary/aromatic N) is 1. The van der Waals surface area contributed by atoms with E-state index in [0.29, 0.717) is 0 Å². The quantitative estimate of drug-likeness (QED) is 0.159. The van der Waals surface area contributed by atoms with E-state index in [2.05, 4.69) is 120 Å². The third-order valence-corrected chi connectivity index (χ3v) is 11.5. The summed E-state index contributed by atoms with van der Waals surface area (Å²) >= 11 is 0. The fourth-order valence-electron chi connectivity index (χ4n) is 5.26. The molecule has 0 spiro atoms. The van der Waals surface area contributed by atoms with Crippen molar-refractivity contribution in [3.05, 3.63) is 121 Å². The third-order valence-electron chi connectivity index (χ3n) is 6.98. The highest BCUT2D eigenvalue weighted by atomic mass is 31.2. The van der Waals surface area contributed by atoms with Gasteiger partial charge in [0.2, 0.25) is 0 Å². The number of aryl methyl sites for hydroxylation is 1. The van der Waals surface area contributed by atoms with Crippen molar-refractivity contribution in [2.24, 2.45) is 0 Å². The summed E-state index contributed by atoms with van der Waals surface area (Å²) in [5.41, 5.74) is 1.25. The zero-order chi connectivity index (χ0) is 23.9. The molecule has 5 rings (SSSR count). The highest BCUT2D eigenvalue weighted by Crippen LogP contribution is 2.56. The van der Waals surface area contributed by atoms with Crippen LogP contribution in [0.4, 0.5) is 0 Å². The second kappa shape index (κ2) is 10.9. The zero-order valence-electron chi connectivity index (χ0n) is 20.4. The van der Waals surface area contributed by atoms with Crippen LogP contribution in [0.5, 0.6) is 5.75 Å². The lowest BCUT2D eigenvalue weighted by molar-refractivity contribution is 0.420. The summed E-state index contributed by atoms with van der Waals surface area (Å²) in [4.78, 5) is 0. The number of ether oxygens (including phenoxy) is 1. The number of benzene rings is 4. The molecule has 0 unspecified atom stereocenters. The van der Waals surface area contributed by atoms with Crippen LogP contribution in [0.25, 0.3) is 10.9 Å². The summed E-state index contributed by atoms with van der Waals surface area (Å²) in [6.45, 7) is 1.03. The summed E-state index contributed by atoms with van der Waals surface area (Å²) in [5.74, 6) is 0.949. The SMILES string of the molecule is COc1cccc2c1ccn2CCCCC[P+](c1ccccc1)(c1ccccc1)c1ccccc1. The van der Waals surface area contributed by atoms with E-state index in [1.807, 2.05) is 6.07 Å². The van der Waals surface area contributed by atoms with E-state index in [0.717, 1.165) is 12.3 Å². The van der Waals surface area contributed by atoms with Crippen LogP contribution in [0.2, 0.25) is 0 Å². The van der Waals surface area contributed by atoms with Gasteiger partial charge in [0, 0.05) is 18.1 Å². The minimum atomic E-state index is -1.73. The van der Waals surface area contributed by atoms with Crippen LogP contribution >= 0.6 is 7.26 Å². The van der Waals surface area contributed by atoms with Crippen LogP contribution in [0.15, 0.2) is 121 Å². The fourth-order valence-corrected chi connectivity index (χ4v) is 9.67. The van der Waals surface area contributed by atoms with Gasteiger partial charge in [0.25, 0.3) is 0 Å². The van der Waals surface area contributed by atoms with Gasteiger partial charge >= 0.3 is 0 Å². The predicted molar refractivity (Wildman–Crippen MR) is 152 cm³/mol. The third kappa shape index (κ3) is 4.77. The van der Waals surface area contributed by atoms with Crippen molar-refractivity contribution in [3.8, 4) is 5.75 Å². The number of unbranched alkanes of at least 4 members (excludes halogenated alkanes) is 2. The lowest BCUT2D eigenvalue weighted by Crippen LogP contribution is -2.33. The molecule has 0 atom stereocenters. The van der Waals surface area contributed by atoms with Gasteiger partial charge in [0.1, 0.15) is 28.9 Å². The number of hydrogen-bond acceptors (Lipinski definition) is 1. The van der Waals surface area contributed by atoms with Crippen molar-refractivity contribution in [2.75, 3.05) is 13.3 Å². The first-order chi connectivity index (χ1) is 17.3. The molecule has 176 valence electrons. The fraction of sp³-hybridized carbons (Fsp3) is 0.188. The van der Waals surface area contributed by atoms with Crippen LogP contribution in [0.1, 0.15) is 19.3 Å². The van der Waals surface area contributed by atoms with Gasteiger partial charge in [-0.2, -0.15) is 0 Å². The highest BCUT2D eigenvalue weighted by molar-refractivity contribution is 7.95. The van der Waals surface area contributed by atoms with Crippen LogP contribution in [0.3, 0.4) is 0 Å². The molecular weight excluding hydrogens is 445 g/mol. The molecule has 0 radical (unpaired) electrons. The molecular formula is C32H33NOP+. The van der Waals surface area contributed by atoms with Gasteiger partial charge in [-0.15, -0.1) is 0 Å². The highest BCUT2D eigenvalue weighted by Gasteiger charge is 2.44. The normalized spacial score (nSPS) is 11.6. The molecule has 0 aliphatic rings. The second-order valence-electron chi connectivity index (χ2n) is 9.00.